The Morgan fingerprint density at radius 1 is 1.09 bits per heavy atom. The molecule has 1 N–H and O–H groups in total. The maximum atomic E-state index is 13.1. The average molecular weight is 463 g/mol. The van der Waals surface area contributed by atoms with Gasteiger partial charge in [0.25, 0.3) is 5.56 Å². The van der Waals surface area contributed by atoms with Gasteiger partial charge in [-0.2, -0.15) is 0 Å². The van der Waals surface area contributed by atoms with E-state index in [1.807, 2.05) is 6.07 Å². The molecule has 1 aromatic carbocycles. The molecule has 2 saturated carbocycles. The highest BCUT2D eigenvalue weighted by Gasteiger charge is 2.34. The summed E-state index contributed by atoms with van der Waals surface area (Å²) in [4.78, 5) is 18.8. The van der Waals surface area contributed by atoms with Crippen LogP contribution in [0.25, 0.3) is 10.9 Å². The van der Waals surface area contributed by atoms with Crippen molar-refractivity contribution in [2.24, 2.45) is 0 Å². The molecule has 2 aliphatic carbocycles. The second-order valence-electron chi connectivity index (χ2n) is 10.4. The number of aryl methyl sites for hydroxylation is 1. The Kier molecular flexibility index (Phi) is 7.09. The number of hydrogen-bond donors (Lipinski definition) is 1. The third kappa shape index (κ3) is 4.81. The number of hydrogen-bond acceptors (Lipinski definition) is 5. The van der Waals surface area contributed by atoms with Crippen molar-refractivity contribution < 1.29 is 0 Å². The minimum absolute atomic E-state index is 0.0169. The predicted octanol–water partition coefficient (Wildman–Crippen LogP) is 5.61. The van der Waals surface area contributed by atoms with E-state index in [-0.39, 0.29) is 11.6 Å². The van der Waals surface area contributed by atoms with Crippen molar-refractivity contribution in [2.75, 3.05) is 0 Å². The molecule has 2 heterocycles. The van der Waals surface area contributed by atoms with Gasteiger partial charge in [-0.15, -0.1) is 5.10 Å². The van der Waals surface area contributed by atoms with Gasteiger partial charge in [-0.25, -0.2) is 4.68 Å². The lowest BCUT2D eigenvalue weighted by Crippen LogP contribution is -2.39. The molecular formula is C27H38N6O. The molecule has 2 aliphatic rings. The minimum atomic E-state index is 0.0169. The number of pyridine rings is 1. The fourth-order valence-electron chi connectivity index (χ4n) is 6.13. The fourth-order valence-corrected chi connectivity index (χ4v) is 6.13. The Labute approximate surface area is 201 Å². The summed E-state index contributed by atoms with van der Waals surface area (Å²) in [5.41, 5.74) is 2.91. The van der Waals surface area contributed by atoms with Crippen molar-refractivity contribution in [1.29, 1.82) is 0 Å². The van der Waals surface area contributed by atoms with Gasteiger partial charge in [0.05, 0.1) is 12.1 Å². The summed E-state index contributed by atoms with van der Waals surface area (Å²) >= 11 is 0. The zero-order chi connectivity index (χ0) is 23.5. The Balaban J connectivity index is 1.52. The number of benzene rings is 1. The third-order valence-electron chi connectivity index (χ3n) is 7.92. The summed E-state index contributed by atoms with van der Waals surface area (Å²) < 4.78 is 2.13. The zero-order valence-electron chi connectivity index (χ0n) is 20.7. The molecule has 5 rings (SSSR count). The highest BCUT2D eigenvalue weighted by atomic mass is 16.1. The van der Waals surface area contributed by atoms with Crippen LogP contribution < -0.4 is 5.56 Å². The molecule has 7 heteroatoms. The number of tetrazole rings is 1. The van der Waals surface area contributed by atoms with Gasteiger partial charge in [0, 0.05) is 23.7 Å². The van der Waals surface area contributed by atoms with Gasteiger partial charge in [-0.1, -0.05) is 57.6 Å². The largest absolute Gasteiger partial charge is 0.322 e. The van der Waals surface area contributed by atoms with Crippen LogP contribution in [0.5, 0.6) is 0 Å². The second-order valence-corrected chi connectivity index (χ2v) is 10.4. The van der Waals surface area contributed by atoms with E-state index >= 15 is 0 Å². The van der Waals surface area contributed by atoms with Gasteiger partial charge >= 0.3 is 0 Å². The number of aromatic amines is 1. The SMILES string of the molecule is CCCC(c1nnnn1C1CCCCC1)N(Cc1cc2ccc(C)cc2[nH]c1=O)C1CCCC1. The molecule has 2 aromatic heterocycles. The average Bonchev–Trinajstić information content (AvgIpc) is 3.55. The van der Waals surface area contributed by atoms with Crippen molar-refractivity contribution in [3.63, 3.8) is 0 Å². The molecule has 3 aromatic rings. The van der Waals surface area contributed by atoms with Crippen molar-refractivity contribution >= 4 is 10.9 Å². The molecule has 0 saturated heterocycles. The molecule has 0 spiro atoms. The maximum Gasteiger partial charge on any atom is 0.252 e. The molecule has 7 nitrogen and oxygen atoms in total. The van der Waals surface area contributed by atoms with Crippen molar-refractivity contribution in [3.05, 3.63) is 51.6 Å². The lowest BCUT2D eigenvalue weighted by molar-refractivity contribution is 0.105. The van der Waals surface area contributed by atoms with Crippen LogP contribution in [0.3, 0.4) is 0 Å². The number of aromatic nitrogens is 5. The Morgan fingerprint density at radius 2 is 1.85 bits per heavy atom. The number of fused-ring (bicyclic) bond motifs is 1. The van der Waals surface area contributed by atoms with Crippen molar-refractivity contribution in [2.45, 2.75) is 109 Å². The first kappa shape index (κ1) is 23.2. The topological polar surface area (TPSA) is 79.7 Å². The smallest absolute Gasteiger partial charge is 0.252 e. The highest BCUT2D eigenvalue weighted by Crippen LogP contribution is 2.36. The molecule has 34 heavy (non-hydrogen) atoms. The summed E-state index contributed by atoms with van der Waals surface area (Å²) in [6, 6.07) is 9.33. The van der Waals surface area contributed by atoms with Crippen molar-refractivity contribution in [3.8, 4) is 0 Å². The first-order valence-corrected chi connectivity index (χ1v) is 13.3. The predicted molar refractivity (Wildman–Crippen MR) is 135 cm³/mol. The molecule has 0 aliphatic heterocycles. The highest BCUT2D eigenvalue weighted by molar-refractivity contribution is 5.79. The van der Waals surface area contributed by atoms with Crippen LogP contribution in [0, 0.1) is 6.92 Å². The van der Waals surface area contributed by atoms with E-state index in [4.69, 9.17) is 0 Å². The van der Waals surface area contributed by atoms with Crippen LogP contribution in [-0.2, 0) is 6.54 Å². The van der Waals surface area contributed by atoms with E-state index in [0.29, 0.717) is 18.6 Å². The molecule has 0 radical (unpaired) electrons. The van der Waals surface area contributed by atoms with Gasteiger partial charge in [-0.3, -0.25) is 9.69 Å². The minimum Gasteiger partial charge on any atom is -0.322 e. The van der Waals surface area contributed by atoms with Gasteiger partial charge in [0.15, 0.2) is 5.82 Å². The van der Waals surface area contributed by atoms with Gasteiger partial charge in [0.2, 0.25) is 0 Å². The van der Waals surface area contributed by atoms with E-state index in [9.17, 15) is 4.79 Å². The van der Waals surface area contributed by atoms with Crippen molar-refractivity contribution in [1.82, 2.24) is 30.1 Å². The molecule has 1 atom stereocenters. The van der Waals surface area contributed by atoms with E-state index in [1.54, 1.807) is 0 Å². The lowest BCUT2D eigenvalue weighted by atomic mass is 9.95. The maximum absolute atomic E-state index is 13.1. The Bertz CT molecular complexity index is 1160. The van der Waals surface area contributed by atoms with Gasteiger partial charge in [0.1, 0.15) is 0 Å². The standard InChI is InChI=1S/C27H38N6O/c1-3-9-25(26-29-30-31-33(26)23-12-5-4-6-13-23)32(22-10-7-8-11-22)18-21-17-20-15-14-19(2)16-24(20)28-27(21)34/h14-17,22-23,25H,3-13,18H2,1-2H3,(H,28,34). The van der Waals surface area contributed by atoms with Gasteiger partial charge < -0.3 is 4.98 Å². The monoisotopic (exact) mass is 462 g/mol. The molecule has 0 bridgehead atoms. The molecule has 2 fully saturated rings. The molecule has 1 unspecified atom stereocenters. The number of H-pyrrole nitrogens is 1. The van der Waals surface area contributed by atoms with Crippen LogP contribution in [-0.4, -0.2) is 36.1 Å². The Hall–Kier alpha value is -2.54. The summed E-state index contributed by atoms with van der Waals surface area (Å²) in [5, 5.41) is 14.3. The Morgan fingerprint density at radius 3 is 2.62 bits per heavy atom. The summed E-state index contributed by atoms with van der Waals surface area (Å²) in [6.45, 7) is 4.92. The van der Waals surface area contributed by atoms with Crippen LogP contribution in [0.1, 0.15) is 107 Å². The number of nitrogens with zero attached hydrogens (tertiary/aromatic N) is 5. The molecular weight excluding hydrogens is 424 g/mol. The van der Waals surface area contributed by atoms with E-state index in [0.717, 1.165) is 53.5 Å². The normalized spacial score (nSPS) is 18.8. The van der Waals surface area contributed by atoms with Crippen LogP contribution in [0.4, 0.5) is 0 Å². The number of rotatable bonds is 8. The lowest BCUT2D eigenvalue weighted by Gasteiger charge is -2.36. The summed E-state index contributed by atoms with van der Waals surface area (Å²) in [6.07, 6.45) is 13.0. The van der Waals surface area contributed by atoms with Crippen LogP contribution >= 0.6 is 0 Å². The molecule has 182 valence electrons. The first-order valence-electron chi connectivity index (χ1n) is 13.3. The van der Waals surface area contributed by atoms with E-state index in [2.05, 4.69) is 62.1 Å². The van der Waals surface area contributed by atoms with E-state index < -0.39 is 0 Å². The van der Waals surface area contributed by atoms with Crippen LogP contribution in [0.2, 0.25) is 0 Å². The summed E-state index contributed by atoms with van der Waals surface area (Å²) in [5.74, 6) is 0.994. The van der Waals surface area contributed by atoms with Gasteiger partial charge in [-0.05, 0) is 72.5 Å². The molecule has 0 amide bonds. The fraction of sp³-hybridized carbons (Fsp3) is 0.630. The van der Waals surface area contributed by atoms with Crippen LogP contribution in [0.15, 0.2) is 29.1 Å². The quantitative estimate of drug-likeness (QED) is 0.470. The first-order chi connectivity index (χ1) is 16.6. The van der Waals surface area contributed by atoms with E-state index in [1.165, 1.54) is 44.9 Å². The number of nitrogens with one attached hydrogen (secondary N) is 1. The summed E-state index contributed by atoms with van der Waals surface area (Å²) in [7, 11) is 0. The second kappa shape index (κ2) is 10.4. The zero-order valence-corrected chi connectivity index (χ0v) is 20.7. The third-order valence-corrected chi connectivity index (χ3v) is 7.92.